The number of amides is 1. The van der Waals surface area contributed by atoms with Gasteiger partial charge in [0.15, 0.2) is 9.47 Å². The zero-order valence-electron chi connectivity index (χ0n) is 11.3. The average Bonchev–Trinajstić information content (AvgIpc) is 3.09. The Morgan fingerprint density at radius 1 is 1.39 bits per heavy atom. The van der Waals surface area contributed by atoms with Gasteiger partial charge in [0.1, 0.15) is 0 Å². The van der Waals surface area contributed by atoms with Gasteiger partial charge in [-0.05, 0) is 6.07 Å². The first-order chi connectivity index (χ1) is 11.0. The largest absolute Gasteiger partial charge is 0.374 e. The van der Waals surface area contributed by atoms with Crippen molar-refractivity contribution in [3.63, 3.8) is 0 Å². The van der Waals surface area contributed by atoms with E-state index in [4.69, 9.17) is 5.73 Å². The SMILES string of the molecule is Nc1nnc(SCC(=O)Nc2nc3ccc([N+](=O)[O-])cc3s2)s1. The number of carbonyl (C=O) groups is 1. The van der Waals surface area contributed by atoms with Crippen LogP contribution in [0.25, 0.3) is 10.2 Å². The van der Waals surface area contributed by atoms with Gasteiger partial charge in [0.25, 0.3) is 5.69 Å². The monoisotopic (exact) mass is 368 g/mol. The normalized spacial score (nSPS) is 10.8. The van der Waals surface area contributed by atoms with Crippen molar-refractivity contribution in [2.75, 3.05) is 16.8 Å². The molecule has 3 N–H and O–H groups in total. The van der Waals surface area contributed by atoms with Gasteiger partial charge in [0, 0.05) is 12.1 Å². The van der Waals surface area contributed by atoms with E-state index in [0.29, 0.717) is 24.8 Å². The van der Waals surface area contributed by atoms with E-state index in [9.17, 15) is 14.9 Å². The zero-order chi connectivity index (χ0) is 16.4. The lowest BCUT2D eigenvalue weighted by atomic mass is 10.3. The van der Waals surface area contributed by atoms with Crippen molar-refractivity contribution in [3.8, 4) is 0 Å². The highest BCUT2D eigenvalue weighted by Crippen LogP contribution is 2.29. The van der Waals surface area contributed by atoms with Crippen LogP contribution in [-0.4, -0.2) is 31.8 Å². The molecule has 0 aliphatic rings. The van der Waals surface area contributed by atoms with Gasteiger partial charge in [-0.1, -0.05) is 34.4 Å². The summed E-state index contributed by atoms with van der Waals surface area (Å²) in [4.78, 5) is 26.4. The van der Waals surface area contributed by atoms with Crippen LogP contribution in [0.3, 0.4) is 0 Å². The highest BCUT2D eigenvalue weighted by molar-refractivity contribution is 8.01. The molecule has 0 spiro atoms. The quantitative estimate of drug-likeness (QED) is 0.398. The second-order valence-corrected chi connectivity index (χ2v) is 7.43. The number of non-ortho nitro benzene ring substituents is 1. The summed E-state index contributed by atoms with van der Waals surface area (Å²) in [7, 11) is 0. The predicted octanol–water partition coefficient (Wildman–Crippen LogP) is 2.37. The molecule has 1 aromatic carbocycles. The first-order valence-electron chi connectivity index (χ1n) is 6.08. The number of hydrogen-bond donors (Lipinski definition) is 2. The molecule has 0 atom stereocenters. The molecule has 0 saturated carbocycles. The summed E-state index contributed by atoms with van der Waals surface area (Å²) in [5.41, 5.74) is 6.05. The number of nitrogen functional groups attached to an aromatic ring is 1. The van der Waals surface area contributed by atoms with Crippen molar-refractivity contribution in [2.24, 2.45) is 0 Å². The number of nitro groups is 1. The average molecular weight is 368 g/mol. The highest BCUT2D eigenvalue weighted by atomic mass is 32.2. The molecule has 0 radical (unpaired) electrons. The summed E-state index contributed by atoms with van der Waals surface area (Å²) in [6, 6.07) is 4.36. The number of nitrogens with two attached hydrogens (primary N) is 1. The maximum Gasteiger partial charge on any atom is 0.270 e. The molecule has 12 heteroatoms. The van der Waals surface area contributed by atoms with Gasteiger partial charge in [-0.25, -0.2) is 4.98 Å². The highest BCUT2D eigenvalue weighted by Gasteiger charge is 2.13. The Morgan fingerprint density at radius 3 is 2.91 bits per heavy atom. The molecule has 0 aliphatic heterocycles. The van der Waals surface area contributed by atoms with Crippen molar-refractivity contribution in [1.29, 1.82) is 0 Å². The molecule has 0 saturated heterocycles. The third-order valence-electron chi connectivity index (χ3n) is 2.58. The molecule has 118 valence electrons. The topological polar surface area (TPSA) is 137 Å². The number of rotatable bonds is 5. The van der Waals surface area contributed by atoms with E-state index in [0.717, 1.165) is 0 Å². The fraction of sp³-hybridized carbons (Fsp3) is 0.0909. The summed E-state index contributed by atoms with van der Waals surface area (Å²) < 4.78 is 1.25. The van der Waals surface area contributed by atoms with E-state index in [-0.39, 0.29) is 17.3 Å². The van der Waals surface area contributed by atoms with Crippen molar-refractivity contribution >= 4 is 66.5 Å². The molecule has 0 aliphatic carbocycles. The number of hydrogen-bond acceptors (Lipinski definition) is 10. The molecule has 0 bridgehead atoms. The van der Waals surface area contributed by atoms with Crippen LogP contribution in [0.15, 0.2) is 22.5 Å². The van der Waals surface area contributed by atoms with E-state index in [1.165, 1.54) is 46.6 Å². The van der Waals surface area contributed by atoms with Gasteiger partial charge in [-0.3, -0.25) is 14.9 Å². The number of fused-ring (bicyclic) bond motifs is 1. The van der Waals surface area contributed by atoms with Gasteiger partial charge in [-0.2, -0.15) is 0 Å². The lowest BCUT2D eigenvalue weighted by Crippen LogP contribution is -2.13. The summed E-state index contributed by atoms with van der Waals surface area (Å²) in [5, 5.41) is 21.6. The smallest absolute Gasteiger partial charge is 0.270 e. The fourth-order valence-electron chi connectivity index (χ4n) is 1.64. The van der Waals surface area contributed by atoms with E-state index in [1.807, 2.05) is 0 Å². The molecular formula is C11H8N6O3S3. The Kier molecular flexibility index (Phi) is 4.36. The maximum absolute atomic E-state index is 11.9. The number of benzene rings is 1. The molecule has 0 fully saturated rings. The van der Waals surface area contributed by atoms with Crippen LogP contribution in [0.4, 0.5) is 16.0 Å². The third kappa shape index (κ3) is 3.72. The second-order valence-electron chi connectivity index (χ2n) is 4.17. The molecule has 0 unspecified atom stereocenters. The van der Waals surface area contributed by atoms with E-state index in [1.54, 1.807) is 6.07 Å². The minimum atomic E-state index is -0.470. The van der Waals surface area contributed by atoms with Crippen molar-refractivity contribution in [3.05, 3.63) is 28.3 Å². The minimum absolute atomic E-state index is 0.0107. The summed E-state index contributed by atoms with van der Waals surface area (Å²) in [6.45, 7) is 0. The van der Waals surface area contributed by atoms with Crippen LogP contribution in [0.2, 0.25) is 0 Å². The molecule has 9 nitrogen and oxygen atoms in total. The number of nitrogens with one attached hydrogen (secondary N) is 1. The van der Waals surface area contributed by atoms with Gasteiger partial charge in [0.2, 0.25) is 11.0 Å². The maximum atomic E-state index is 11.9. The lowest BCUT2D eigenvalue weighted by molar-refractivity contribution is -0.384. The van der Waals surface area contributed by atoms with Crippen LogP contribution in [0.1, 0.15) is 0 Å². The molecule has 23 heavy (non-hydrogen) atoms. The van der Waals surface area contributed by atoms with Crippen LogP contribution in [0.5, 0.6) is 0 Å². The number of anilines is 2. The Bertz CT molecular complexity index is 892. The lowest BCUT2D eigenvalue weighted by Gasteiger charge is -1.98. The predicted molar refractivity (Wildman–Crippen MR) is 89.9 cm³/mol. The number of aromatic nitrogens is 3. The zero-order valence-corrected chi connectivity index (χ0v) is 13.7. The standard InChI is InChI=1S/C11H8N6O3S3/c12-9-15-16-11(23-9)21-4-8(18)14-10-13-6-2-1-5(17(19)20)3-7(6)22-10/h1-3H,4H2,(H2,12,15)(H,13,14,18). The van der Waals surface area contributed by atoms with Crippen LogP contribution in [-0.2, 0) is 4.79 Å². The van der Waals surface area contributed by atoms with Crippen molar-refractivity contribution in [1.82, 2.24) is 15.2 Å². The van der Waals surface area contributed by atoms with Crippen LogP contribution >= 0.6 is 34.4 Å². The van der Waals surface area contributed by atoms with Gasteiger partial charge in [-0.15, -0.1) is 10.2 Å². The Balaban J connectivity index is 1.66. The van der Waals surface area contributed by atoms with Crippen LogP contribution < -0.4 is 11.1 Å². The first-order valence-corrected chi connectivity index (χ1v) is 8.70. The van der Waals surface area contributed by atoms with E-state index < -0.39 is 4.92 Å². The number of nitro benzene ring substituents is 1. The molecule has 3 rings (SSSR count). The summed E-state index contributed by atoms with van der Waals surface area (Å²) in [5.74, 6) is -0.109. The van der Waals surface area contributed by atoms with Crippen LogP contribution in [0, 0.1) is 10.1 Å². The Hall–Kier alpha value is -2.31. The van der Waals surface area contributed by atoms with Gasteiger partial charge < -0.3 is 11.1 Å². The molecule has 2 heterocycles. The summed E-state index contributed by atoms with van der Waals surface area (Å²) in [6.07, 6.45) is 0. The van der Waals surface area contributed by atoms with Crippen molar-refractivity contribution in [2.45, 2.75) is 4.34 Å². The fourth-order valence-corrected chi connectivity index (χ4v) is 3.99. The van der Waals surface area contributed by atoms with Gasteiger partial charge >= 0.3 is 0 Å². The first kappa shape index (κ1) is 15.6. The molecule has 3 aromatic rings. The number of carbonyl (C=O) groups excluding carboxylic acids is 1. The van der Waals surface area contributed by atoms with Crippen molar-refractivity contribution < 1.29 is 9.72 Å². The number of thiazole rings is 1. The van der Waals surface area contributed by atoms with Gasteiger partial charge in [0.05, 0.1) is 20.9 Å². The number of nitrogens with zero attached hydrogens (tertiary/aromatic N) is 4. The molecule has 1 amide bonds. The number of thioether (sulfide) groups is 1. The Morgan fingerprint density at radius 2 is 2.22 bits per heavy atom. The third-order valence-corrected chi connectivity index (χ3v) is 5.40. The summed E-state index contributed by atoms with van der Waals surface area (Å²) >= 11 is 3.61. The minimum Gasteiger partial charge on any atom is -0.374 e. The van der Waals surface area contributed by atoms with E-state index in [2.05, 4.69) is 20.5 Å². The Labute approximate surface area is 141 Å². The molecule has 2 aromatic heterocycles. The molecular weight excluding hydrogens is 360 g/mol. The van der Waals surface area contributed by atoms with E-state index >= 15 is 0 Å². The second kappa shape index (κ2) is 6.44.